The number of aromatic nitrogens is 2. The second-order valence-corrected chi connectivity index (χ2v) is 13.0. The lowest BCUT2D eigenvalue weighted by Crippen LogP contribution is -2.35. The Kier molecular flexibility index (Phi) is 6.98. The molecule has 6 nitrogen and oxygen atoms in total. The fourth-order valence-electron chi connectivity index (χ4n) is 4.06. The van der Waals surface area contributed by atoms with Crippen molar-refractivity contribution >= 4 is 36.9 Å². The van der Waals surface area contributed by atoms with Gasteiger partial charge in [0.05, 0.1) is 27.5 Å². The quantitative estimate of drug-likeness (QED) is 0.290. The van der Waals surface area contributed by atoms with Gasteiger partial charge in [-0.15, -0.1) is 0 Å². The second kappa shape index (κ2) is 9.57. The second-order valence-electron chi connectivity index (χ2n) is 10.1. The predicted molar refractivity (Wildman–Crippen MR) is 148 cm³/mol. The lowest BCUT2D eigenvalue weighted by molar-refractivity contribution is 0.379. The molecule has 3 aromatic carbocycles. The Labute approximate surface area is 220 Å². The summed E-state index contributed by atoms with van der Waals surface area (Å²) in [6, 6.07) is 19.1. The van der Waals surface area contributed by atoms with Gasteiger partial charge in [-0.25, -0.2) is 13.4 Å². The van der Waals surface area contributed by atoms with Crippen LogP contribution in [0.25, 0.3) is 16.6 Å². The van der Waals surface area contributed by atoms with Crippen LogP contribution in [0, 0.1) is 6.92 Å². The van der Waals surface area contributed by atoms with Crippen molar-refractivity contribution < 1.29 is 8.42 Å². The van der Waals surface area contributed by atoms with E-state index >= 15 is 0 Å². The molecule has 0 aliphatic carbocycles. The third kappa shape index (κ3) is 4.90. The van der Waals surface area contributed by atoms with Crippen LogP contribution in [0.15, 0.2) is 80.9 Å². The summed E-state index contributed by atoms with van der Waals surface area (Å²) in [5.74, 6) is 0.344. The van der Waals surface area contributed by atoms with Crippen LogP contribution in [0.4, 0.5) is 0 Å². The van der Waals surface area contributed by atoms with Crippen LogP contribution in [0.2, 0.25) is 0 Å². The number of hydrogen-bond donors (Lipinski definition) is 0. The third-order valence-electron chi connectivity index (χ3n) is 6.46. The molecule has 0 bridgehead atoms. The molecular formula is C28H30BrN3O3S. The predicted octanol–water partition coefficient (Wildman–Crippen LogP) is 6.14. The van der Waals surface area contributed by atoms with Gasteiger partial charge < -0.3 is 0 Å². The van der Waals surface area contributed by atoms with Gasteiger partial charge >= 0.3 is 0 Å². The first-order valence-electron chi connectivity index (χ1n) is 11.7. The van der Waals surface area contributed by atoms with E-state index in [2.05, 4.69) is 36.7 Å². The summed E-state index contributed by atoms with van der Waals surface area (Å²) >= 11 is 3.43. The Bertz CT molecular complexity index is 1590. The van der Waals surface area contributed by atoms with Crippen molar-refractivity contribution in [2.24, 2.45) is 0 Å². The zero-order valence-electron chi connectivity index (χ0n) is 21.3. The van der Waals surface area contributed by atoms with Crippen molar-refractivity contribution in [3.63, 3.8) is 0 Å². The van der Waals surface area contributed by atoms with Crippen molar-refractivity contribution in [2.45, 2.75) is 51.0 Å². The molecule has 0 spiro atoms. The van der Waals surface area contributed by atoms with Gasteiger partial charge in [0.25, 0.3) is 5.56 Å². The summed E-state index contributed by atoms with van der Waals surface area (Å²) in [4.78, 5) is 18.7. The molecule has 188 valence electrons. The average molecular weight is 569 g/mol. The number of halogens is 1. The fourth-order valence-corrected chi connectivity index (χ4v) is 5.75. The SMILES string of the molecule is Cc1ccc(-n2c(C(C)N(C)S(=O)(=O)c3ccc(C(C)(C)C)cc3)nc3ccc(Br)cc3c2=O)cc1. The Hall–Kier alpha value is -2.81. The molecular weight excluding hydrogens is 538 g/mol. The van der Waals surface area contributed by atoms with E-state index in [1.54, 1.807) is 31.2 Å². The van der Waals surface area contributed by atoms with Gasteiger partial charge in [-0.2, -0.15) is 4.31 Å². The first-order chi connectivity index (χ1) is 16.8. The number of nitrogens with zero attached hydrogens (tertiary/aromatic N) is 3. The highest BCUT2D eigenvalue weighted by molar-refractivity contribution is 9.10. The van der Waals surface area contributed by atoms with Gasteiger partial charge in [-0.05, 0) is 67.3 Å². The summed E-state index contributed by atoms with van der Waals surface area (Å²) in [5.41, 5.74) is 2.89. The molecule has 1 heterocycles. The molecule has 4 rings (SSSR count). The van der Waals surface area contributed by atoms with Crippen molar-refractivity contribution in [3.8, 4) is 5.69 Å². The van der Waals surface area contributed by atoms with Crippen LogP contribution in [-0.2, 0) is 15.4 Å². The maximum Gasteiger partial charge on any atom is 0.266 e. The highest BCUT2D eigenvalue weighted by Gasteiger charge is 2.30. The van der Waals surface area contributed by atoms with Gasteiger partial charge in [-0.3, -0.25) is 9.36 Å². The van der Waals surface area contributed by atoms with Crippen LogP contribution in [0.1, 0.15) is 50.7 Å². The minimum Gasteiger partial charge on any atom is -0.268 e. The Morgan fingerprint density at radius 1 is 0.972 bits per heavy atom. The number of benzene rings is 3. The first-order valence-corrected chi connectivity index (χ1v) is 13.9. The zero-order chi connectivity index (χ0) is 26.4. The van der Waals surface area contributed by atoms with Crippen LogP contribution < -0.4 is 5.56 Å². The highest BCUT2D eigenvalue weighted by atomic mass is 79.9. The van der Waals surface area contributed by atoms with Gasteiger partial charge in [0.15, 0.2) is 0 Å². The maximum absolute atomic E-state index is 13.7. The van der Waals surface area contributed by atoms with E-state index in [9.17, 15) is 13.2 Å². The minimum atomic E-state index is -3.86. The smallest absolute Gasteiger partial charge is 0.266 e. The van der Waals surface area contributed by atoms with Crippen LogP contribution in [0.5, 0.6) is 0 Å². The molecule has 4 aromatic rings. The van der Waals surface area contributed by atoms with E-state index in [1.807, 2.05) is 49.4 Å². The molecule has 36 heavy (non-hydrogen) atoms. The molecule has 0 aliphatic heterocycles. The summed E-state index contributed by atoms with van der Waals surface area (Å²) in [7, 11) is -2.33. The van der Waals surface area contributed by atoms with E-state index in [4.69, 9.17) is 4.98 Å². The first kappa shape index (κ1) is 26.3. The van der Waals surface area contributed by atoms with Crippen molar-refractivity contribution in [2.75, 3.05) is 7.05 Å². The monoisotopic (exact) mass is 567 g/mol. The number of sulfonamides is 1. The molecule has 0 N–H and O–H groups in total. The fraction of sp³-hybridized carbons (Fsp3) is 0.286. The van der Waals surface area contributed by atoms with E-state index in [-0.39, 0.29) is 15.9 Å². The summed E-state index contributed by atoms with van der Waals surface area (Å²) in [6.45, 7) is 9.96. The Balaban J connectivity index is 1.86. The van der Waals surface area contributed by atoms with Gasteiger partial charge in [0.1, 0.15) is 5.82 Å². The molecule has 1 aromatic heterocycles. The summed E-state index contributed by atoms with van der Waals surface area (Å²) in [6.07, 6.45) is 0. The average Bonchev–Trinajstić information content (AvgIpc) is 2.83. The molecule has 0 saturated heterocycles. The molecule has 0 aliphatic rings. The number of aryl methyl sites for hydroxylation is 1. The lowest BCUT2D eigenvalue weighted by atomic mass is 9.87. The maximum atomic E-state index is 13.7. The van der Waals surface area contributed by atoms with Gasteiger partial charge in [0.2, 0.25) is 10.0 Å². The van der Waals surface area contributed by atoms with Crippen molar-refractivity contribution in [3.05, 3.63) is 98.5 Å². The highest BCUT2D eigenvalue weighted by Crippen LogP contribution is 2.29. The molecule has 0 fully saturated rings. The summed E-state index contributed by atoms with van der Waals surface area (Å²) < 4.78 is 30.7. The van der Waals surface area contributed by atoms with E-state index in [0.29, 0.717) is 22.4 Å². The van der Waals surface area contributed by atoms with Crippen LogP contribution >= 0.6 is 15.9 Å². The molecule has 1 unspecified atom stereocenters. The van der Waals surface area contributed by atoms with E-state index < -0.39 is 16.1 Å². The Morgan fingerprint density at radius 3 is 2.17 bits per heavy atom. The largest absolute Gasteiger partial charge is 0.268 e. The number of rotatable bonds is 5. The number of hydrogen-bond acceptors (Lipinski definition) is 4. The standard InChI is InChI=1S/C28H30BrN3O3S/c1-18-7-12-22(13-8-18)32-26(30-25-16-11-21(29)17-24(25)27(32)33)19(2)31(6)36(34,35)23-14-9-20(10-15-23)28(3,4)5/h7-17,19H,1-6H3. The Morgan fingerprint density at radius 2 is 1.58 bits per heavy atom. The third-order valence-corrected chi connectivity index (χ3v) is 8.90. The normalized spacial score (nSPS) is 13.3. The molecule has 8 heteroatoms. The number of fused-ring (bicyclic) bond motifs is 1. The van der Waals surface area contributed by atoms with Crippen molar-refractivity contribution in [1.29, 1.82) is 0 Å². The molecule has 0 amide bonds. The van der Waals surface area contributed by atoms with Gasteiger partial charge in [-0.1, -0.05) is 66.5 Å². The molecule has 0 radical (unpaired) electrons. The van der Waals surface area contributed by atoms with Gasteiger partial charge in [0, 0.05) is 11.5 Å². The lowest BCUT2D eigenvalue weighted by Gasteiger charge is -2.27. The molecule has 0 saturated carbocycles. The summed E-state index contributed by atoms with van der Waals surface area (Å²) in [5, 5.41) is 0.448. The topological polar surface area (TPSA) is 72.3 Å². The molecule has 1 atom stereocenters. The van der Waals surface area contributed by atoms with E-state index in [1.165, 1.54) is 15.9 Å². The minimum absolute atomic E-state index is 0.0877. The van der Waals surface area contributed by atoms with E-state index in [0.717, 1.165) is 15.6 Å². The van der Waals surface area contributed by atoms with Crippen molar-refractivity contribution in [1.82, 2.24) is 13.9 Å². The van der Waals surface area contributed by atoms with Crippen LogP contribution in [0.3, 0.4) is 0 Å². The zero-order valence-corrected chi connectivity index (χ0v) is 23.7. The van der Waals surface area contributed by atoms with Crippen LogP contribution in [-0.4, -0.2) is 29.3 Å².